The monoisotopic (exact) mass is 345 g/mol. The number of carbonyl (C=O) groups is 1. The minimum absolute atomic E-state index is 0.0124. The van der Waals surface area contributed by atoms with Gasteiger partial charge in [-0.15, -0.1) is 0 Å². The molecule has 0 fully saturated rings. The maximum absolute atomic E-state index is 13.0. The molecule has 0 spiro atoms. The van der Waals surface area contributed by atoms with Gasteiger partial charge in [0.05, 0.1) is 17.3 Å². The third-order valence-electron chi connectivity index (χ3n) is 4.78. The average molecular weight is 345 g/mol. The fourth-order valence-corrected chi connectivity index (χ4v) is 3.49. The van der Waals surface area contributed by atoms with E-state index in [0.29, 0.717) is 29.3 Å². The van der Waals surface area contributed by atoms with E-state index in [1.807, 2.05) is 55.2 Å². The Labute approximate surface area is 154 Å². The predicted molar refractivity (Wildman–Crippen MR) is 103 cm³/mol. The molecular formula is C22H23N3O. The highest BCUT2D eigenvalue weighted by molar-refractivity contribution is 5.96. The zero-order valence-electron chi connectivity index (χ0n) is 15.7. The summed E-state index contributed by atoms with van der Waals surface area (Å²) in [6, 6.07) is 11.7. The van der Waals surface area contributed by atoms with Crippen LogP contribution in [-0.4, -0.2) is 28.4 Å². The Hall–Kier alpha value is -2.93. The summed E-state index contributed by atoms with van der Waals surface area (Å²) in [5, 5.41) is 9.52. The summed E-state index contributed by atoms with van der Waals surface area (Å²) in [6.45, 7) is 8.70. The number of nitrogens with zero attached hydrogens (tertiary/aromatic N) is 3. The quantitative estimate of drug-likeness (QED) is 0.781. The zero-order chi connectivity index (χ0) is 18.8. The van der Waals surface area contributed by atoms with Gasteiger partial charge in [0.25, 0.3) is 5.91 Å². The molecule has 0 radical (unpaired) electrons. The number of rotatable bonds is 3. The van der Waals surface area contributed by atoms with Crippen LogP contribution in [0.2, 0.25) is 0 Å². The normalized spacial score (nSPS) is 16.2. The van der Waals surface area contributed by atoms with Crippen LogP contribution >= 0.6 is 0 Å². The van der Waals surface area contributed by atoms with Crippen LogP contribution in [0.15, 0.2) is 42.5 Å². The van der Waals surface area contributed by atoms with Gasteiger partial charge < -0.3 is 4.90 Å². The van der Waals surface area contributed by atoms with E-state index in [2.05, 4.69) is 31.0 Å². The summed E-state index contributed by atoms with van der Waals surface area (Å²) in [4.78, 5) is 19.5. The minimum atomic E-state index is 0.0124. The molecule has 1 aromatic carbocycles. The third-order valence-corrected chi connectivity index (χ3v) is 4.78. The largest absolute Gasteiger partial charge is 0.328 e. The summed E-state index contributed by atoms with van der Waals surface area (Å²) in [5.41, 5.74) is 4.38. The number of carbonyl (C=O) groups excluding carboxylic acids is 1. The highest BCUT2D eigenvalue weighted by Gasteiger charge is 2.28. The smallest absolute Gasteiger partial charge is 0.254 e. The van der Waals surface area contributed by atoms with Crippen LogP contribution in [-0.2, 0) is 0 Å². The highest BCUT2D eigenvalue weighted by Crippen LogP contribution is 2.27. The Morgan fingerprint density at radius 1 is 1.31 bits per heavy atom. The summed E-state index contributed by atoms with van der Waals surface area (Å²) >= 11 is 0. The fraction of sp³-hybridized carbons (Fsp3) is 0.318. The molecular weight excluding hydrogens is 322 g/mol. The predicted octanol–water partition coefficient (Wildman–Crippen LogP) is 4.27. The molecule has 3 rings (SSSR count). The van der Waals surface area contributed by atoms with Crippen molar-refractivity contribution in [3.63, 3.8) is 0 Å². The number of pyridine rings is 1. The van der Waals surface area contributed by atoms with Crippen molar-refractivity contribution in [2.75, 3.05) is 6.54 Å². The van der Waals surface area contributed by atoms with E-state index in [-0.39, 0.29) is 11.9 Å². The van der Waals surface area contributed by atoms with Crippen molar-refractivity contribution < 1.29 is 4.79 Å². The van der Waals surface area contributed by atoms with Crippen LogP contribution in [0, 0.1) is 31.1 Å². The average Bonchev–Trinajstić information content (AvgIpc) is 3.10. The van der Waals surface area contributed by atoms with Gasteiger partial charge in [-0.3, -0.25) is 9.78 Å². The Kier molecular flexibility index (Phi) is 4.90. The van der Waals surface area contributed by atoms with Crippen LogP contribution in [0.3, 0.4) is 0 Å². The summed E-state index contributed by atoms with van der Waals surface area (Å²) in [5.74, 6) is 0.380. The summed E-state index contributed by atoms with van der Waals surface area (Å²) < 4.78 is 0. The van der Waals surface area contributed by atoms with Crippen LogP contribution in [0.25, 0.3) is 11.3 Å². The number of aryl methyl sites for hydroxylation is 2. The second-order valence-electron chi connectivity index (χ2n) is 7.12. The van der Waals surface area contributed by atoms with Gasteiger partial charge in [0.2, 0.25) is 0 Å². The van der Waals surface area contributed by atoms with Gasteiger partial charge in [-0.25, -0.2) is 0 Å². The first-order valence-corrected chi connectivity index (χ1v) is 8.88. The van der Waals surface area contributed by atoms with Crippen molar-refractivity contribution in [2.45, 2.75) is 33.7 Å². The van der Waals surface area contributed by atoms with Crippen LogP contribution in [0.5, 0.6) is 0 Å². The Balaban J connectivity index is 2.00. The van der Waals surface area contributed by atoms with Crippen molar-refractivity contribution in [1.29, 1.82) is 5.26 Å². The molecule has 26 heavy (non-hydrogen) atoms. The van der Waals surface area contributed by atoms with Crippen LogP contribution in [0.1, 0.15) is 41.0 Å². The number of hydrogen-bond donors (Lipinski definition) is 0. The van der Waals surface area contributed by atoms with E-state index < -0.39 is 0 Å². The molecule has 2 heterocycles. The van der Waals surface area contributed by atoms with E-state index >= 15 is 0 Å². The Bertz CT molecular complexity index is 921. The molecule has 0 saturated carbocycles. The first-order chi connectivity index (χ1) is 12.4. The number of amides is 1. The molecule has 2 aromatic rings. The molecule has 0 unspecified atom stereocenters. The lowest BCUT2D eigenvalue weighted by Gasteiger charge is -2.27. The van der Waals surface area contributed by atoms with Gasteiger partial charge in [-0.05, 0) is 43.5 Å². The van der Waals surface area contributed by atoms with Gasteiger partial charge in [0.15, 0.2) is 0 Å². The molecule has 1 atom stereocenters. The van der Waals surface area contributed by atoms with Crippen molar-refractivity contribution in [2.24, 2.45) is 5.92 Å². The van der Waals surface area contributed by atoms with Crippen molar-refractivity contribution in [1.82, 2.24) is 9.88 Å². The molecule has 1 aliphatic rings. The molecule has 4 heteroatoms. The number of benzene rings is 1. The van der Waals surface area contributed by atoms with Gasteiger partial charge in [-0.1, -0.05) is 38.1 Å². The maximum atomic E-state index is 13.0. The number of hydrogen-bond acceptors (Lipinski definition) is 3. The molecule has 1 aliphatic heterocycles. The Morgan fingerprint density at radius 3 is 2.77 bits per heavy atom. The standard InChI is InChI=1S/C22H23N3O/c1-14(2)20-9-6-10-25(20)22(26)18-8-5-7-17(12-18)21-19(13-23)15(3)11-16(4)24-21/h5-9,11-12,14,20H,10H2,1-4H3/t20-/m0/s1. The third kappa shape index (κ3) is 3.25. The first kappa shape index (κ1) is 17.9. The van der Waals surface area contributed by atoms with E-state index in [1.54, 1.807) is 0 Å². The SMILES string of the molecule is Cc1cc(C)c(C#N)c(-c2cccc(C(=O)N3CC=C[C@H]3C(C)C)c2)n1. The van der Waals surface area contributed by atoms with E-state index in [0.717, 1.165) is 16.8 Å². The second-order valence-corrected chi connectivity index (χ2v) is 7.12. The number of aromatic nitrogens is 1. The maximum Gasteiger partial charge on any atom is 0.254 e. The van der Waals surface area contributed by atoms with Gasteiger partial charge in [0.1, 0.15) is 6.07 Å². The number of nitriles is 1. The van der Waals surface area contributed by atoms with Crippen molar-refractivity contribution in [3.8, 4) is 17.3 Å². The second kappa shape index (κ2) is 7.13. The topological polar surface area (TPSA) is 57.0 Å². The van der Waals surface area contributed by atoms with Crippen LogP contribution in [0.4, 0.5) is 0 Å². The van der Waals surface area contributed by atoms with Crippen molar-refractivity contribution in [3.05, 3.63) is 64.9 Å². The lowest BCUT2D eigenvalue weighted by molar-refractivity contribution is 0.0720. The fourth-order valence-electron chi connectivity index (χ4n) is 3.49. The van der Waals surface area contributed by atoms with Crippen LogP contribution < -0.4 is 0 Å². The highest BCUT2D eigenvalue weighted by atomic mass is 16.2. The lowest BCUT2D eigenvalue weighted by atomic mass is 9.99. The van der Waals surface area contributed by atoms with Gasteiger partial charge >= 0.3 is 0 Å². The first-order valence-electron chi connectivity index (χ1n) is 8.88. The Morgan fingerprint density at radius 2 is 2.08 bits per heavy atom. The zero-order valence-corrected chi connectivity index (χ0v) is 15.7. The molecule has 4 nitrogen and oxygen atoms in total. The van der Waals surface area contributed by atoms with E-state index in [9.17, 15) is 10.1 Å². The minimum Gasteiger partial charge on any atom is -0.328 e. The van der Waals surface area contributed by atoms with Gasteiger partial charge in [0, 0.05) is 23.4 Å². The summed E-state index contributed by atoms with van der Waals surface area (Å²) in [7, 11) is 0. The van der Waals surface area contributed by atoms with Gasteiger partial charge in [-0.2, -0.15) is 5.26 Å². The molecule has 0 aliphatic carbocycles. The lowest BCUT2D eigenvalue weighted by Crippen LogP contribution is -2.39. The molecule has 1 aromatic heterocycles. The summed E-state index contributed by atoms with van der Waals surface area (Å²) in [6.07, 6.45) is 4.15. The molecule has 0 N–H and O–H groups in total. The molecule has 1 amide bonds. The van der Waals surface area contributed by atoms with E-state index in [4.69, 9.17) is 0 Å². The van der Waals surface area contributed by atoms with Crippen molar-refractivity contribution >= 4 is 5.91 Å². The molecule has 0 saturated heterocycles. The van der Waals surface area contributed by atoms with E-state index in [1.165, 1.54) is 0 Å². The molecule has 132 valence electrons. The molecule has 0 bridgehead atoms.